The zero-order valence-corrected chi connectivity index (χ0v) is 33.8. The first-order valence-electron chi connectivity index (χ1n) is 18.3. The number of esters is 4. The molecule has 55 heavy (non-hydrogen) atoms. The van der Waals surface area contributed by atoms with Gasteiger partial charge in [0.2, 0.25) is 0 Å². The number of non-ortho nitro benzene ring substituents is 1. The van der Waals surface area contributed by atoms with Gasteiger partial charge < -0.3 is 28.7 Å². The third-order valence-electron chi connectivity index (χ3n) is 8.89. The normalized spacial score (nSPS) is 21.3. The number of hydrogen-bond donors (Lipinski definition) is 2. The molecule has 1 aliphatic rings. The maximum Gasteiger partial charge on any atom is 0.311 e. The molecule has 2 heterocycles. The van der Waals surface area contributed by atoms with Gasteiger partial charge in [0.15, 0.2) is 24.5 Å². The number of nitro benzene ring substituents is 1. The molecule has 1 fully saturated rings. The van der Waals surface area contributed by atoms with Gasteiger partial charge in [-0.25, -0.2) is 0 Å². The number of benzene rings is 2. The third-order valence-corrected chi connectivity index (χ3v) is 8.89. The van der Waals surface area contributed by atoms with Crippen LogP contribution in [0.25, 0.3) is 10.9 Å². The fourth-order valence-electron chi connectivity index (χ4n) is 5.51. The van der Waals surface area contributed by atoms with Crippen molar-refractivity contribution in [2.45, 2.75) is 120 Å². The smallest absolute Gasteiger partial charge is 0.311 e. The number of fused-ring (bicyclic) bond motifs is 1. The van der Waals surface area contributed by atoms with Crippen molar-refractivity contribution >= 4 is 40.5 Å². The molecule has 0 amide bonds. The van der Waals surface area contributed by atoms with Crippen molar-refractivity contribution in [3.8, 4) is 0 Å². The van der Waals surface area contributed by atoms with Gasteiger partial charge in [-0.3, -0.25) is 34.6 Å². The summed E-state index contributed by atoms with van der Waals surface area (Å²) in [6, 6.07) is 12.7. The van der Waals surface area contributed by atoms with Crippen LogP contribution in [0.5, 0.6) is 0 Å². The molecule has 0 saturated carbocycles. The number of hydrogen-bond acceptors (Lipinski definition) is 12. The fourth-order valence-corrected chi connectivity index (χ4v) is 5.51. The number of nitro groups is 1. The Hall–Kier alpha value is -4.82. The number of rotatable bonds is 10. The number of nitrogens with one attached hydrogen (secondary N) is 2. The van der Waals surface area contributed by atoms with Gasteiger partial charge >= 0.3 is 23.9 Å². The van der Waals surface area contributed by atoms with Crippen molar-refractivity contribution in [2.24, 2.45) is 21.7 Å². The van der Waals surface area contributed by atoms with E-state index in [2.05, 4.69) is 10.3 Å². The lowest BCUT2D eigenvalue weighted by atomic mass is 9.91. The van der Waals surface area contributed by atoms with Gasteiger partial charge in [0.05, 0.1) is 32.6 Å². The zero-order valence-electron chi connectivity index (χ0n) is 33.8. The molecule has 4 rings (SSSR count). The molecule has 0 bridgehead atoms. The van der Waals surface area contributed by atoms with Crippen molar-refractivity contribution in [3.05, 3.63) is 76.0 Å². The summed E-state index contributed by atoms with van der Waals surface area (Å²) in [5.41, 5.74) is -2.01. The highest BCUT2D eigenvalue weighted by molar-refractivity contribution is 5.84. The Labute approximate surface area is 322 Å². The minimum atomic E-state index is -1.46. The Morgan fingerprint density at radius 2 is 1.22 bits per heavy atom. The first kappa shape index (κ1) is 42.9. The van der Waals surface area contributed by atoms with Gasteiger partial charge in [-0.1, -0.05) is 30.3 Å². The number of aromatic nitrogens is 1. The first-order valence-corrected chi connectivity index (χ1v) is 18.3. The summed E-state index contributed by atoms with van der Waals surface area (Å²) in [5.74, 6) is -2.57. The Morgan fingerprint density at radius 1 is 0.727 bits per heavy atom. The molecule has 2 N–H and O–H groups in total. The summed E-state index contributed by atoms with van der Waals surface area (Å²) >= 11 is 0. The van der Waals surface area contributed by atoms with Crippen molar-refractivity contribution in [3.63, 3.8) is 0 Å². The maximum atomic E-state index is 13.8. The summed E-state index contributed by atoms with van der Waals surface area (Å²) in [6.07, 6.45) is -5.06. The second-order valence-electron chi connectivity index (χ2n) is 18.0. The van der Waals surface area contributed by atoms with Crippen molar-refractivity contribution in [1.29, 1.82) is 0 Å². The van der Waals surface area contributed by atoms with Crippen LogP contribution in [0, 0.1) is 31.8 Å². The Bertz CT molecular complexity index is 1870. The molecule has 6 atom stereocenters. The van der Waals surface area contributed by atoms with Gasteiger partial charge in [-0.05, 0) is 100 Å². The highest BCUT2D eigenvalue weighted by Gasteiger charge is 2.55. The molecule has 0 spiro atoms. The zero-order chi connectivity index (χ0) is 41.3. The number of carbonyl (C=O) groups excluding carboxylic acids is 4. The van der Waals surface area contributed by atoms with Crippen LogP contribution in [0.4, 0.5) is 5.69 Å². The molecule has 0 unspecified atom stereocenters. The van der Waals surface area contributed by atoms with Crippen molar-refractivity contribution < 1.29 is 47.8 Å². The summed E-state index contributed by atoms with van der Waals surface area (Å²) in [6.45, 7) is 19.5. The van der Waals surface area contributed by atoms with Crippen LogP contribution in [-0.2, 0) is 42.9 Å². The molecule has 0 radical (unpaired) electrons. The van der Waals surface area contributed by atoms with Crippen LogP contribution in [0.2, 0.25) is 0 Å². The maximum absolute atomic E-state index is 13.8. The summed E-state index contributed by atoms with van der Waals surface area (Å²) < 4.78 is 30.9. The molecule has 14 nitrogen and oxygen atoms in total. The predicted octanol–water partition coefficient (Wildman–Crippen LogP) is 6.94. The largest absolute Gasteiger partial charge is 0.462 e. The topological polar surface area (TPSA) is 185 Å². The average Bonchev–Trinajstić information content (AvgIpc) is 3.50. The van der Waals surface area contributed by atoms with Gasteiger partial charge in [0.1, 0.15) is 12.7 Å². The predicted molar refractivity (Wildman–Crippen MR) is 203 cm³/mol. The lowest BCUT2D eigenvalue weighted by Crippen LogP contribution is -2.67. The van der Waals surface area contributed by atoms with E-state index in [9.17, 15) is 29.3 Å². The van der Waals surface area contributed by atoms with Crippen LogP contribution >= 0.6 is 0 Å². The molecule has 0 aliphatic carbocycles. The first-order chi connectivity index (χ1) is 25.3. The average molecular weight is 766 g/mol. The highest BCUT2D eigenvalue weighted by atomic mass is 16.7. The molecule has 3 aromatic rings. The minimum Gasteiger partial charge on any atom is -0.462 e. The lowest BCUT2D eigenvalue weighted by molar-refractivity contribution is -0.384. The van der Waals surface area contributed by atoms with Crippen molar-refractivity contribution in [2.75, 3.05) is 6.61 Å². The van der Waals surface area contributed by atoms with E-state index in [1.165, 1.54) is 12.1 Å². The van der Waals surface area contributed by atoms with E-state index in [1.807, 2.05) is 24.3 Å². The molecule has 2 aromatic carbocycles. The molecule has 1 aliphatic heterocycles. The second-order valence-corrected chi connectivity index (χ2v) is 18.0. The molecule has 1 saturated heterocycles. The van der Waals surface area contributed by atoms with E-state index in [0.717, 1.165) is 10.9 Å². The van der Waals surface area contributed by atoms with E-state index in [4.69, 9.17) is 23.7 Å². The Kier molecular flexibility index (Phi) is 12.6. The third kappa shape index (κ3) is 10.5. The minimum absolute atomic E-state index is 0.120. The number of nitrogens with zero attached hydrogens (tertiary/aromatic N) is 1. The summed E-state index contributed by atoms with van der Waals surface area (Å²) in [5, 5.41) is 15.9. The van der Waals surface area contributed by atoms with Gasteiger partial charge in [0.25, 0.3) is 5.69 Å². The van der Waals surface area contributed by atoms with Crippen LogP contribution in [0.3, 0.4) is 0 Å². The number of carbonyl (C=O) groups is 4. The van der Waals surface area contributed by atoms with Crippen LogP contribution in [-0.4, -0.2) is 71.0 Å². The molecular weight excluding hydrogens is 710 g/mol. The number of H-pyrrole nitrogens is 1. The van der Waals surface area contributed by atoms with E-state index >= 15 is 0 Å². The quantitative estimate of drug-likeness (QED) is 0.0939. The molecule has 300 valence electrons. The van der Waals surface area contributed by atoms with Crippen LogP contribution in [0.1, 0.15) is 100 Å². The molecule has 14 heteroatoms. The fraction of sp³-hybridized carbons (Fsp3) is 0.561. The van der Waals surface area contributed by atoms with Gasteiger partial charge in [0, 0.05) is 29.2 Å². The lowest BCUT2D eigenvalue weighted by Gasteiger charge is -2.47. The highest BCUT2D eigenvalue weighted by Crippen LogP contribution is 2.37. The van der Waals surface area contributed by atoms with Crippen LogP contribution < -0.4 is 5.32 Å². The van der Waals surface area contributed by atoms with Crippen LogP contribution in [0.15, 0.2) is 54.7 Å². The number of aromatic amines is 1. The van der Waals surface area contributed by atoms with E-state index in [-0.39, 0.29) is 5.69 Å². The summed E-state index contributed by atoms with van der Waals surface area (Å²) in [7, 11) is 0. The second kappa shape index (κ2) is 16.1. The summed E-state index contributed by atoms with van der Waals surface area (Å²) in [4.78, 5) is 68.6. The molecular formula is C41H55N3O11. The van der Waals surface area contributed by atoms with Gasteiger partial charge in [-0.15, -0.1) is 0 Å². The van der Waals surface area contributed by atoms with Crippen molar-refractivity contribution in [1.82, 2.24) is 10.3 Å². The van der Waals surface area contributed by atoms with E-state index in [1.54, 1.807) is 101 Å². The number of para-hydroxylation sites is 1. The van der Waals surface area contributed by atoms with E-state index < -0.39 is 93.8 Å². The van der Waals surface area contributed by atoms with E-state index in [0.29, 0.717) is 11.1 Å². The Morgan fingerprint density at radius 3 is 1.73 bits per heavy atom. The standard InChI is InChI=1S/C41H55N3O11/c1-38(2,3)34(45)51-22-28-30(53-35(46)39(4,5)6)31(54-36(47)40(7,8)9)32(55-37(48)41(10,11)12)33(52-28)43-29(23-17-19-24(20-18-23)44(49)50)26-21-42-27-16-14-13-15-25(26)27/h13-21,28-33,42-43H,22H2,1-12H3/t28-,29+,30+,31+,32-,33-/m1/s1. The van der Waals surface area contributed by atoms with Gasteiger partial charge in [-0.2, -0.15) is 0 Å². The monoisotopic (exact) mass is 765 g/mol. The number of ether oxygens (including phenoxy) is 5. The Balaban J connectivity index is 1.95. The SMILES string of the molecule is CC(C)(C)C(=O)OC[C@H]1O[C@@H](N[C@@H](c2ccc([N+](=O)[O-])cc2)c2c[nH]c3ccccc23)[C@H](OC(=O)C(C)(C)C)[C@@H](OC(=O)C(C)(C)C)[C@H]1OC(=O)C(C)(C)C. The molecule has 1 aromatic heterocycles.